The molecule has 1 atom stereocenters. The van der Waals surface area contributed by atoms with E-state index in [9.17, 15) is 0 Å². The molecule has 0 radical (unpaired) electrons. The number of benzene rings is 2. The Hall–Kier alpha value is -2.72. The van der Waals surface area contributed by atoms with E-state index in [4.69, 9.17) is 0 Å². The molecule has 2 aromatic carbocycles. The van der Waals surface area contributed by atoms with Crippen LogP contribution in [0.15, 0.2) is 66.9 Å². The summed E-state index contributed by atoms with van der Waals surface area (Å²) in [4.78, 5) is 2.40. The van der Waals surface area contributed by atoms with Crippen molar-refractivity contribution in [3.63, 3.8) is 0 Å². The fourth-order valence-electron chi connectivity index (χ4n) is 3.30. The molecular weight excluding hydrogens is 296 g/mol. The smallest absolute Gasteiger partial charge is 0.0929 e. The van der Waals surface area contributed by atoms with Crippen LogP contribution >= 0.6 is 0 Å². The van der Waals surface area contributed by atoms with E-state index in [2.05, 4.69) is 76.0 Å². The summed E-state index contributed by atoms with van der Waals surface area (Å²) in [6, 6.07) is 21.4. The largest absolute Gasteiger partial charge is 0.383 e. The normalized spacial score (nSPS) is 17.6. The van der Waals surface area contributed by atoms with Gasteiger partial charge < -0.3 is 5.32 Å². The van der Waals surface area contributed by atoms with Crippen molar-refractivity contribution in [1.29, 1.82) is 0 Å². The van der Waals surface area contributed by atoms with E-state index in [-0.39, 0.29) is 0 Å². The Morgan fingerprint density at radius 3 is 2.71 bits per heavy atom. The molecule has 0 spiro atoms. The summed E-state index contributed by atoms with van der Waals surface area (Å²) in [5.74, 6) is 0. The second kappa shape index (κ2) is 6.42. The third-order valence-electron chi connectivity index (χ3n) is 4.60. The van der Waals surface area contributed by atoms with E-state index in [0.29, 0.717) is 6.04 Å². The molecule has 4 heteroatoms. The monoisotopic (exact) mass is 316 g/mol. The van der Waals surface area contributed by atoms with Crippen LogP contribution in [-0.4, -0.2) is 28.7 Å². The molecule has 2 heterocycles. The van der Waals surface area contributed by atoms with Gasteiger partial charge in [-0.05, 0) is 42.4 Å². The highest BCUT2D eigenvalue weighted by Gasteiger charge is 2.22. The van der Waals surface area contributed by atoms with Crippen LogP contribution in [0.3, 0.4) is 0 Å². The van der Waals surface area contributed by atoms with Gasteiger partial charge in [-0.1, -0.05) is 36.4 Å². The van der Waals surface area contributed by atoms with Gasteiger partial charge in [0.15, 0.2) is 0 Å². The minimum absolute atomic E-state index is 0.360. The molecule has 0 fully saturated rings. The summed E-state index contributed by atoms with van der Waals surface area (Å²) < 4.78 is 0. The SMILES string of the molecule is CN1Cc2cc(-c3cccnn3)ccc2NCC1c1ccccc1. The number of likely N-dealkylation sites (N-methyl/N-ethyl adjacent to an activating group) is 1. The predicted molar refractivity (Wildman–Crippen MR) is 96.6 cm³/mol. The number of fused-ring (bicyclic) bond motifs is 1. The maximum atomic E-state index is 4.22. The maximum Gasteiger partial charge on any atom is 0.0929 e. The Bertz CT molecular complexity index is 818. The summed E-state index contributed by atoms with van der Waals surface area (Å²) >= 11 is 0. The van der Waals surface area contributed by atoms with Crippen LogP contribution in [0.4, 0.5) is 5.69 Å². The number of hydrogen-bond donors (Lipinski definition) is 1. The Balaban J connectivity index is 1.64. The quantitative estimate of drug-likeness (QED) is 0.782. The van der Waals surface area contributed by atoms with E-state index in [0.717, 1.165) is 24.3 Å². The van der Waals surface area contributed by atoms with Crippen molar-refractivity contribution in [3.05, 3.63) is 78.0 Å². The molecule has 1 unspecified atom stereocenters. The molecule has 1 aliphatic heterocycles. The number of aromatic nitrogens is 2. The van der Waals surface area contributed by atoms with Gasteiger partial charge in [0.25, 0.3) is 0 Å². The Kier molecular flexibility index (Phi) is 3.97. The highest BCUT2D eigenvalue weighted by Crippen LogP contribution is 2.31. The summed E-state index contributed by atoms with van der Waals surface area (Å²) in [5.41, 5.74) is 5.85. The average molecular weight is 316 g/mol. The minimum atomic E-state index is 0.360. The summed E-state index contributed by atoms with van der Waals surface area (Å²) in [6.07, 6.45) is 1.70. The number of nitrogens with zero attached hydrogens (tertiary/aromatic N) is 3. The van der Waals surface area contributed by atoms with Crippen molar-refractivity contribution in [3.8, 4) is 11.3 Å². The Morgan fingerprint density at radius 1 is 1.04 bits per heavy atom. The molecule has 120 valence electrons. The van der Waals surface area contributed by atoms with Crippen molar-refractivity contribution in [2.45, 2.75) is 12.6 Å². The molecule has 0 amide bonds. The van der Waals surface area contributed by atoms with Crippen LogP contribution in [0, 0.1) is 0 Å². The zero-order valence-corrected chi connectivity index (χ0v) is 13.7. The number of hydrogen-bond acceptors (Lipinski definition) is 4. The highest BCUT2D eigenvalue weighted by molar-refractivity contribution is 5.66. The summed E-state index contributed by atoms with van der Waals surface area (Å²) in [6.45, 7) is 1.80. The molecule has 1 N–H and O–H groups in total. The lowest BCUT2D eigenvalue weighted by Crippen LogP contribution is -2.26. The Morgan fingerprint density at radius 2 is 1.92 bits per heavy atom. The van der Waals surface area contributed by atoms with Crippen LogP contribution in [0.1, 0.15) is 17.2 Å². The van der Waals surface area contributed by atoms with Crippen LogP contribution in [0.25, 0.3) is 11.3 Å². The highest BCUT2D eigenvalue weighted by atomic mass is 15.2. The van der Waals surface area contributed by atoms with Gasteiger partial charge in [0, 0.05) is 30.5 Å². The van der Waals surface area contributed by atoms with Crippen LogP contribution in [0.2, 0.25) is 0 Å². The van der Waals surface area contributed by atoms with E-state index in [1.165, 1.54) is 16.8 Å². The van der Waals surface area contributed by atoms with Gasteiger partial charge in [-0.15, -0.1) is 0 Å². The fraction of sp³-hybridized carbons (Fsp3) is 0.200. The summed E-state index contributed by atoms with van der Waals surface area (Å²) in [5, 5.41) is 11.8. The van der Waals surface area contributed by atoms with Crippen molar-refractivity contribution in [1.82, 2.24) is 15.1 Å². The van der Waals surface area contributed by atoms with E-state index in [1.54, 1.807) is 6.20 Å². The van der Waals surface area contributed by atoms with E-state index >= 15 is 0 Å². The maximum absolute atomic E-state index is 4.22. The third kappa shape index (κ3) is 2.88. The molecule has 0 bridgehead atoms. The van der Waals surface area contributed by atoms with Gasteiger partial charge in [-0.2, -0.15) is 10.2 Å². The van der Waals surface area contributed by atoms with E-state index in [1.807, 2.05) is 12.1 Å². The molecule has 1 aliphatic rings. The lowest BCUT2D eigenvalue weighted by Gasteiger charge is -2.25. The van der Waals surface area contributed by atoms with Gasteiger partial charge in [0.1, 0.15) is 0 Å². The van der Waals surface area contributed by atoms with Gasteiger partial charge in [0.2, 0.25) is 0 Å². The number of anilines is 1. The molecule has 4 nitrogen and oxygen atoms in total. The molecular formula is C20H20N4. The van der Waals surface area contributed by atoms with Gasteiger partial charge >= 0.3 is 0 Å². The average Bonchev–Trinajstić information content (AvgIpc) is 2.80. The second-order valence-corrected chi connectivity index (χ2v) is 6.20. The van der Waals surface area contributed by atoms with Crippen molar-refractivity contribution < 1.29 is 0 Å². The lowest BCUT2D eigenvalue weighted by molar-refractivity contribution is 0.252. The predicted octanol–water partition coefficient (Wildman–Crippen LogP) is 3.74. The molecule has 3 aromatic rings. The molecule has 4 rings (SSSR count). The molecule has 0 aliphatic carbocycles. The molecule has 1 aromatic heterocycles. The summed E-state index contributed by atoms with van der Waals surface area (Å²) in [7, 11) is 2.18. The fourth-order valence-corrected chi connectivity index (χ4v) is 3.30. The van der Waals surface area contributed by atoms with Crippen molar-refractivity contribution in [2.24, 2.45) is 0 Å². The third-order valence-corrected chi connectivity index (χ3v) is 4.60. The van der Waals surface area contributed by atoms with Crippen LogP contribution in [-0.2, 0) is 6.54 Å². The first-order chi connectivity index (χ1) is 11.8. The van der Waals surface area contributed by atoms with Gasteiger partial charge in [0.05, 0.1) is 11.7 Å². The van der Waals surface area contributed by atoms with Crippen molar-refractivity contribution >= 4 is 5.69 Å². The molecule has 24 heavy (non-hydrogen) atoms. The lowest BCUT2D eigenvalue weighted by atomic mass is 10.0. The first kappa shape index (κ1) is 14.8. The standard InChI is InChI=1S/C20H20N4/c1-24-14-17-12-16(19-8-5-11-22-23-19)9-10-18(17)21-13-20(24)15-6-3-2-4-7-15/h2-12,20-21H,13-14H2,1H3. The van der Waals surface area contributed by atoms with Gasteiger partial charge in [-0.3, -0.25) is 4.90 Å². The van der Waals surface area contributed by atoms with E-state index < -0.39 is 0 Å². The number of nitrogens with one attached hydrogen (secondary N) is 1. The number of rotatable bonds is 2. The topological polar surface area (TPSA) is 41.1 Å². The zero-order valence-electron chi connectivity index (χ0n) is 13.7. The second-order valence-electron chi connectivity index (χ2n) is 6.20. The molecule has 0 saturated carbocycles. The minimum Gasteiger partial charge on any atom is -0.383 e. The Labute approximate surface area is 142 Å². The van der Waals surface area contributed by atoms with Crippen LogP contribution in [0.5, 0.6) is 0 Å². The molecule has 0 saturated heterocycles. The first-order valence-electron chi connectivity index (χ1n) is 8.21. The van der Waals surface area contributed by atoms with Gasteiger partial charge in [-0.25, -0.2) is 0 Å². The van der Waals surface area contributed by atoms with Crippen molar-refractivity contribution in [2.75, 3.05) is 18.9 Å². The zero-order chi connectivity index (χ0) is 16.4. The first-order valence-corrected chi connectivity index (χ1v) is 8.21. The van der Waals surface area contributed by atoms with Crippen LogP contribution < -0.4 is 5.32 Å².